The van der Waals surface area contributed by atoms with Crippen molar-refractivity contribution in [3.05, 3.63) is 58.3 Å². The van der Waals surface area contributed by atoms with E-state index >= 15 is 0 Å². The molecule has 0 aliphatic carbocycles. The first-order valence-corrected chi connectivity index (χ1v) is 7.04. The first-order chi connectivity index (χ1) is 10.6. The van der Waals surface area contributed by atoms with Crippen molar-refractivity contribution in [2.45, 2.75) is 13.0 Å². The van der Waals surface area contributed by atoms with E-state index in [-0.39, 0.29) is 5.71 Å². The lowest BCUT2D eigenvalue weighted by Gasteiger charge is -2.21. The average Bonchev–Trinajstić information content (AvgIpc) is 2.54. The smallest absolute Gasteiger partial charge is 0.248 e. The van der Waals surface area contributed by atoms with Crippen LogP contribution in [0.5, 0.6) is 0 Å². The number of nitrogens with two attached hydrogens (primary N) is 2. The predicted octanol–water partition coefficient (Wildman–Crippen LogP) is 0.825. The van der Waals surface area contributed by atoms with Crippen molar-refractivity contribution in [1.29, 1.82) is 5.41 Å². The van der Waals surface area contributed by atoms with Crippen LogP contribution in [0.3, 0.4) is 0 Å². The van der Waals surface area contributed by atoms with Gasteiger partial charge in [-0.3, -0.25) is 10.2 Å². The lowest BCUT2D eigenvalue weighted by Crippen LogP contribution is -2.27. The van der Waals surface area contributed by atoms with Gasteiger partial charge in [0, 0.05) is 29.4 Å². The molecule has 22 heavy (non-hydrogen) atoms. The summed E-state index contributed by atoms with van der Waals surface area (Å²) < 4.78 is 0. The Balaban J connectivity index is 2.09. The second kappa shape index (κ2) is 5.57. The number of rotatable bonds is 3. The maximum Gasteiger partial charge on any atom is 0.248 e. The van der Waals surface area contributed by atoms with Crippen LogP contribution in [0.25, 0.3) is 0 Å². The third-order valence-electron chi connectivity index (χ3n) is 3.86. The molecule has 1 aromatic carbocycles. The van der Waals surface area contributed by atoms with Crippen LogP contribution < -0.4 is 16.8 Å². The lowest BCUT2D eigenvalue weighted by atomic mass is 9.91. The lowest BCUT2D eigenvalue weighted by molar-refractivity contribution is 0.100. The number of nitrogens with zero attached hydrogens (tertiary/aromatic N) is 1. The van der Waals surface area contributed by atoms with E-state index in [0.717, 1.165) is 30.6 Å². The standard InChI is InChI=1S/C16H17N5O/c17-14(9-2-1-3-10(6-9)16(19)22)13-12-4-5-20-7-11(12)8-21-15(13)18/h1-3,6,8,17,20H,4-5,7H2,(H2,18,21)(H2,19,22). The van der Waals surface area contributed by atoms with E-state index < -0.39 is 5.91 Å². The zero-order chi connectivity index (χ0) is 15.7. The maximum absolute atomic E-state index is 11.3. The van der Waals surface area contributed by atoms with E-state index in [4.69, 9.17) is 16.9 Å². The zero-order valence-corrected chi connectivity index (χ0v) is 12.0. The summed E-state index contributed by atoms with van der Waals surface area (Å²) in [4.78, 5) is 15.5. The molecule has 6 nitrogen and oxygen atoms in total. The molecule has 3 rings (SSSR count). The molecule has 0 saturated carbocycles. The minimum atomic E-state index is -0.514. The van der Waals surface area contributed by atoms with Crippen LogP contribution in [-0.4, -0.2) is 23.1 Å². The van der Waals surface area contributed by atoms with Crippen molar-refractivity contribution in [2.75, 3.05) is 12.3 Å². The monoisotopic (exact) mass is 295 g/mol. The third kappa shape index (κ3) is 2.44. The maximum atomic E-state index is 11.3. The molecule has 0 unspecified atom stereocenters. The highest BCUT2D eigenvalue weighted by molar-refractivity contribution is 6.15. The topological polar surface area (TPSA) is 118 Å². The van der Waals surface area contributed by atoms with Crippen molar-refractivity contribution in [3.8, 4) is 0 Å². The van der Waals surface area contributed by atoms with Crippen LogP contribution in [0.2, 0.25) is 0 Å². The molecule has 0 radical (unpaired) electrons. The Morgan fingerprint density at radius 1 is 1.32 bits per heavy atom. The molecule has 6 N–H and O–H groups in total. The SMILES string of the molecule is N=C(c1cccc(C(N)=O)c1)c1c(N)ncc2c1CCNC2. The van der Waals surface area contributed by atoms with E-state index in [0.29, 0.717) is 22.5 Å². The van der Waals surface area contributed by atoms with Crippen LogP contribution in [0.15, 0.2) is 30.5 Å². The van der Waals surface area contributed by atoms with Crippen LogP contribution in [-0.2, 0) is 13.0 Å². The van der Waals surface area contributed by atoms with Crippen LogP contribution >= 0.6 is 0 Å². The number of pyridine rings is 1. The van der Waals surface area contributed by atoms with Crippen LogP contribution in [0.4, 0.5) is 5.82 Å². The highest BCUT2D eigenvalue weighted by Gasteiger charge is 2.20. The highest BCUT2D eigenvalue weighted by atomic mass is 16.1. The Kier molecular flexibility index (Phi) is 3.60. The Morgan fingerprint density at radius 3 is 2.86 bits per heavy atom. The summed E-state index contributed by atoms with van der Waals surface area (Å²) in [5.74, 6) is -0.171. The molecule has 6 heteroatoms. The first-order valence-electron chi connectivity index (χ1n) is 7.04. The van der Waals surface area contributed by atoms with Gasteiger partial charge in [0.2, 0.25) is 5.91 Å². The van der Waals surface area contributed by atoms with Gasteiger partial charge in [0.05, 0.1) is 5.71 Å². The van der Waals surface area contributed by atoms with Crippen molar-refractivity contribution in [1.82, 2.24) is 10.3 Å². The molecule has 0 spiro atoms. The van der Waals surface area contributed by atoms with Gasteiger partial charge in [-0.25, -0.2) is 4.98 Å². The fourth-order valence-electron chi connectivity index (χ4n) is 2.73. The van der Waals surface area contributed by atoms with Crippen molar-refractivity contribution < 1.29 is 4.79 Å². The minimum Gasteiger partial charge on any atom is -0.383 e. The zero-order valence-electron chi connectivity index (χ0n) is 12.0. The second-order valence-electron chi connectivity index (χ2n) is 5.27. The van der Waals surface area contributed by atoms with Gasteiger partial charge in [0.15, 0.2) is 0 Å². The molecule has 0 fully saturated rings. The molecule has 0 atom stereocenters. The third-order valence-corrected chi connectivity index (χ3v) is 3.86. The number of benzene rings is 1. The number of carbonyl (C=O) groups is 1. The number of primary amides is 1. The van der Waals surface area contributed by atoms with E-state index in [9.17, 15) is 4.79 Å². The number of nitrogen functional groups attached to an aromatic ring is 1. The number of amides is 1. The van der Waals surface area contributed by atoms with Gasteiger partial charge in [0.25, 0.3) is 0 Å². The number of hydrogen-bond donors (Lipinski definition) is 4. The number of aromatic nitrogens is 1. The molecular formula is C16H17N5O. The molecule has 1 aromatic heterocycles. The molecule has 0 saturated heterocycles. The van der Waals surface area contributed by atoms with Crippen molar-refractivity contribution in [2.24, 2.45) is 5.73 Å². The van der Waals surface area contributed by atoms with E-state index in [1.54, 1.807) is 30.5 Å². The van der Waals surface area contributed by atoms with Crippen LogP contribution in [0, 0.1) is 5.41 Å². The predicted molar refractivity (Wildman–Crippen MR) is 85.0 cm³/mol. The number of fused-ring (bicyclic) bond motifs is 1. The van der Waals surface area contributed by atoms with Gasteiger partial charge in [0.1, 0.15) is 5.82 Å². The van der Waals surface area contributed by atoms with Crippen LogP contribution in [0.1, 0.15) is 32.6 Å². The van der Waals surface area contributed by atoms with Gasteiger partial charge >= 0.3 is 0 Å². The van der Waals surface area contributed by atoms with E-state index in [1.165, 1.54) is 0 Å². The molecule has 2 aromatic rings. The fraction of sp³-hybridized carbons (Fsp3) is 0.188. The summed E-state index contributed by atoms with van der Waals surface area (Å²) in [6.45, 7) is 1.57. The summed E-state index contributed by atoms with van der Waals surface area (Å²) in [7, 11) is 0. The summed E-state index contributed by atoms with van der Waals surface area (Å²) >= 11 is 0. The Morgan fingerprint density at radius 2 is 2.09 bits per heavy atom. The first kappa shape index (κ1) is 14.2. The summed E-state index contributed by atoms with van der Waals surface area (Å²) in [6, 6.07) is 6.73. The largest absolute Gasteiger partial charge is 0.383 e. The Bertz CT molecular complexity index is 769. The molecule has 112 valence electrons. The van der Waals surface area contributed by atoms with Gasteiger partial charge < -0.3 is 16.8 Å². The Labute approximate surface area is 128 Å². The molecular weight excluding hydrogens is 278 g/mol. The number of anilines is 1. The molecule has 0 bridgehead atoms. The normalized spacial score (nSPS) is 13.5. The van der Waals surface area contributed by atoms with Gasteiger partial charge in [-0.05, 0) is 36.2 Å². The number of nitrogens with one attached hydrogen (secondary N) is 2. The van der Waals surface area contributed by atoms with E-state index in [1.807, 2.05) is 0 Å². The molecule has 1 aliphatic heterocycles. The second-order valence-corrected chi connectivity index (χ2v) is 5.27. The quantitative estimate of drug-likeness (QED) is 0.627. The van der Waals surface area contributed by atoms with Crippen molar-refractivity contribution >= 4 is 17.4 Å². The highest BCUT2D eigenvalue weighted by Crippen LogP contribution is 2.25. The molecule has 1 amide bonds. The minimum absolute atomic E-state index is 0.270. The number of hydrogen-bond acceptors (Lipinski definition) is 5. The van der Waals surface area contributed by atoms with Crippen molar-refractivity contribution in [3.63, 3.8) is 0 Å². The summed E-state index contributed by atoms with van der Waals surface area (Å²) in [5.41, 5.74) is 15.3. The average molecular weight is 295 g/mol. The summed E-state index contributed by atoms with van der Waals surface area (Å²) in [5, 5.41) is 11.8. The Hall–Kier alpha value is -2.73. The molecule has 2 heterocycles. The fourth-order valence-corrected chi connectivity index (χ4v) is 2.73. The molecule has 1 aliphatic rings. The van der Waals surface area contributed by atoms with Gasteiger partial charge in [-0.1, -0.05) is 12.1 Å². The summed E-state index contributed by atoms with van der Waals surface area (Å²) in [6.07, 6.45) is 2.56. The van der Waals surface area contributed by atoms with Gasteiger partial charge in [-0.2, -0.15) is 0 Å². The number of carbonyl (C=O) groups excluding carboxylic acids is 1. The van der Waals surface area contributed by atoms with Gasteiger partial charge in [-0.15, -0.1) is 0 Å². The van der Waals surface area contributed by atoms with E-state index in [2.05, 4.69) is 10.3 Å².